The van der Waals surface area contributed by atoms with Gasteiger partial charge in [-0.3, -0.25) is 14.3 Å². The molecule has 3 rings (SSSR count). The summed E-state index contributed by atoms with van der Waals surface area (Å²) in [6.07, 6.45) is 1.58. The standard InChI is InChI=1S/C21H25N5O3/c1-13(2)19(24-18(27)12-29-16-8-6-5-7-9-16)21(28)23-15-10-17-14(3)25-26(4)20(17)22-11-15/h5-11,13,19H,12H2,1-4H3,(H,23,28)(H,24,27). The lowest BCUT2D eigenvalue weighted by molar-refractivity contribution is -0.128. The molecular formula is C21H25N5O3. The number of pyridine rings is 1. The molecule has 2 aromatic heterocycles. The Morgan fingerprint density at radius 2 is 1.93 bits per heavy atom. The fourth-order valence-corrected chi connectivity index (χ4v) is 3.01. The lowest BCUT2D eigenvalue weighted by Crippen LogP contribution is -2.48. The number of nitrogens with one attached hydrogen (secondary N) is 2. The van der Waals surface area contributed by atoms with Crippen molar-refractivity contribution in [3.8, 4) is 5.75 Å². The van der Waals surface area contributed by atoms with Crippen molar-refractivity contribution in [1.29, 1.82) is 0 Å². The maximum absolute atomic E-state index is 12.8. The Hall–Kier alpha value is -3.42. The minimum Gasteiger partial charge on any atom is -0.484 e. The van der Waals surface area contributed by atoms with Gasteiger partial charge < -0.3 is 15.4 Å². The maximum Gasteiger partial charge on any atom is 0.258 e. The molecule has 0 aliphatic carbocycles. The molecule has 0 saturated carbocycles. The Morgan fingerprint density at radius 3 is 2.62 bits per heavy atom. The molecule has 0 saturated heterocycles. The third kappa shape index (κ3) is 4.90. The van der Waals surface area contributed by atoms with E-state index in [4.69, 9.17) is 4.74 Å². The van der Waals surface area contributed by atoms with Gasteiger partial charge in [0.1, 0.15) is 11.8 Å². The van der Waals surface area contributed by atoms with Gasteiger partial charge >= 0.3 is 0 Å². The maximum atomic E-state index is 12.8. The van der Waals surface area contributed by atoms with Crippen LogP contribution in [0, 0.1) is 12.8 Å². The van der Waals surface area contributed by atoms with Gasteiger partial charge in [-0.15, -0.1) is 0 Å². The fraction of sp³-hybridized carbons (Fsp3) is 0.333. The first-order chi connectivity index (χ1) is 13.8. The molecule has 1 atom stereocenters. The zero-order valence-electron chi connectivity index (χ0n) is 17.0. The molecule has 2 amide bonds. The number of para-hydroxylation sites is 1. The second-order valence-corrected chi connectivity index (χ2v) is 7.18. The van der Waals surface area contributed by atoms with Crippen molar-refractivity contribution in [2.75, 3.05) is 11.9 Å². The summed E-state index contributed by atoms with van der Waals surface area (Å²) in [7, 11) is 1.82. The number of carbonyl (C=O) groups is 2. The Bertz CT molecular complexity index is 1010. The highest BCUT2D eigenvalue weighted by atomic mass is 16.5. The van der Waals surface area contributed by atoms with Crippen molar-refractivity contribution in [3.63, 3.8) is 0 Å². The summed E-state index contributed by atoms with van der Waals surface area (Å²) in [5.74, 6) is -0.179. The summed E-state index contributed by atoms with van der Waals surface area (Å²) in [5, 5.41) is 10.8. The van der Waals surface area contributed by atoms with Gasteiger partial charge in [0.05, 0.1) is 17.6 Å². The molecule has 0 aliphatic heterocycles. The van der Waals surface area contributed by atoms with Crippen LogP contribution in [0.3, 0.4) is 0 Å². The van der Waals surface area contributed by atoms with Gasteiger partial charge in [-0.1, -0.05) is 32.0 Å². The van der Waals surface area contributed by atoms with E-state index in [1.807, 2.05) is 52.1 Å². The van der Waals surface area contributed by atoms with E-state index in [-0.39, 0.29) is 24.3 Å². The predicted octanol–water partition coefficient (Wildman–Crippen LogP) is 2.44. The molecule has 1 aromatic carbocycles. The van der Waals surface area contributed by atoms with E-state index in [9.17, 15) is 9.59 Å². The van der Waals surface area contributed by atoms with Crippen LogP contribution in [0.15, 0.2) is 42.6 Å². The van der Waals surface area contributed by atoms with Gasteiger partial charge in [-0.2, -0.15) is 5.10 Å². The Kier molecular flexibility index (Phi) is 6.11. The van der Waals surface area contributed by atoms with E-state index in [0.717, 1.165) is 16.7 Å². The number of benzene rings is 1. The molecule has 0 radical (unpaired) electrons. The average molecular weight is 395 g/mol. The third-order valence-corrected chi connectivity index (χ3v) is 4.51. The van der Waals surface area contributed by atoms with Crippen molar-refractivity contribution in [2.45, 2.75) is 26.8 Å². The molecule has 8 nitrogen and oxygen atoms in total. The molecule has 3 aromatic rings. The molecule has 2 heterocycles. The van der Waals surface area contributed by atoms with Crippen LogP contribution in [0.2, 0.25) is 0 Å². The Labute approximate surface area is 169 Å². The molecule has 2 N–H and O–H groups in total. The summed E-state index contributed by atoms with van der Waals surface area (Å²) < 4.78 is 7.14. The zero-order valence-corrected chi connectivity index (χ0v) is 17.0. The van der Waals surface area contributed by atoms with Crippen LogP contribution in [0.25, 0.3) is 11.0 Å². The van der Waals surface area contributed by atoms with Crippen molar-refractivity contribution in [1.82, 2.24) is 20.1 Å². The summed E-state index contributed by atoms with van der Waals surface area (Å²) in [4.78, 5) is 29.4. The van der Waals surface area contributed by atoms with E-state index >= 15 is 0 Å². The van der Waals surface area contributed by atoms with Crippen LogP contribution in [-0.2, 0) is 16.6 Å². The second kappa shape index (κ2) is 8.72. The minimum absolute atomic E-state index is 0.104. The summed E-state index contributed by atoms with van der Waals surface area (Å²) >= 11 is 0. The van der Waals surface area contributed by atoms with Crippen LogP contribution in [0.1, 0.15) is 19.5 Å². The van der Waals surface area contributed by atoms with E-state index in [0.29, 0.717) is 11.4 Å². The molecule has 8 heteroatoms. The number of aryl methyl sites for hydroxylation is 2. The number of hydrogen-bond donors (Lipinski definition) is 2. The van der Waals surface area contributed by atoms with Crippen molar-refractivity contribution in [2.24, 2.45) is 13.0 Å². The first kappa shape index (κ1) is 20.3. The first-order valence-electron chi connectivity index (χ1n) is 9.42. The Balaban J connectivity index is 1.64. The van der Waals surface area contributed by atoms with Crippen LogP contribution >= 0.6 is 0 Å². The smallest absolute Gasteiger partial charge is 0.258 e. The molecule has 29 heavy (non-hydrogen) atoms. The monoisotopic (exact) mass is 395 g/mol. The largest absolute Gasteiger partial charge is 0.484 e. The number of anilines is 1. The molecule has 0 fully saturated rings. The highest BCUT2D eigenvalue weighted by molar-refractivity contribution is 5.98. The van der Waals surface area contributed by atoms with Gasteiger partial charge in [0.15, 0.2) is 12.3 Å². The molecular weight excluding hydrogens is 370 g/mol. The van der Waals surface area contributed by atoms with E-state index in [1.54, 1.807) is 23.0 Å². The van der Waals surface area contributed by atoms with E-state index < -0.39 is 6.04 Å². The highest BCUT2D eigenvalue weighted by Crippen LogP contribution is 2.19. The lowest BCUT2D eigenvalue weighted by atomic mass is 10.0. The predicted molar refractivity (Wildman–Crippen MR) is 111 cm³/mol. The number of hydrogen-bond acceptors (Lipinski definition) is 5. The van der Waals surface area contributed by atoms with Crippen molar-refractivity contribution < 1.29 is 14.3 Å². The van der Waals surface area contributed by atoms with Crippen molar-refractivity contribution >= 4 is 28.5 Å². The average Bonchev–Trinajstić information content (AvgIpc) is 2.98. The van der Waals surface area contributed by atoms with Gasteiger partial charge in [0.25, 0.3) is 5.91 Å². The summed E-state index contributed by atoms with van der Waals surface area (Å²) in [5.41, 5.74) is 2.13. The quantitative estimate of drug-likeness (QED) is 0.640. The van der Waals surface area contributed by atoms with Gasteiger partial charge in [-0.05, 0) is 31.0 Å². The molecule has 152 valence electrons. The fourth-order valence-electron chi connectivity index (χ4n) is 3.01. The lowest BCUT2D eigenvalue weighted by Gasteiger charge is -2.21. The van der Waals surface area contributed by atoms with Crippen LogP contribution in [0.5, 0.6) is 5.75 Å². The number of rotatable bonds is 7. The van der Waals surface area contributed by atoms with E-state index in [1.165, 1.54) is 0 Å². The normalized spacial score (nSPS) is 12.0. The zero-order chi connectivity index (χ0) is 21.0. The van der Waals surface area contributed by atoms with Gasteiger partial charge in [0, 0.05) is 12.4 Å². The topological polar surface area (TPSA) is 98.1 Å². The summed E-state index contributed by atoms with van der Waals surface area (Å²) in [6.45, 7) is 5.47. The molecule has 0 bridgehead atoms. The molecule has 1 unspecified atom stereocenters. The van der Waals surface area contributed by atoms with E-state index in [2.05, 4.69) is 20.7 Å². The first-order valence-corrected chi connectivity index (χ1v) is 9.42. The van der Waals surface area contributed by atoms with Crippen LogP contribution in [0.4, 0.5) is 5.69 Å². The summed E-state index contributed by atoms with van der Waals surface area (Å²) in [6, 6.07) is 10.2. The Morgan fingerprint density at radius 1 is 1.21 bits per heavy atom. The number of nitrogens with zero attached hydrogens (tertiary/aromatic N) is 3. The number of carbonyl (C=O) groups excluding carboxylic acids is 2. The second-order valence-electron chi connectivity index (χ2n) is 7.18. The van der Waals surface area contributed by atoms with Crippen LogP contribution < -0.4 is 15.4 Å². The molecule has 0 aliphatic rings. The van der Waals surface area contributed by atoms with Gasteiger partial charge in [-0.25, -0.2) is 4.98 Å². The number of amides is 2. The number of fused-ring (bicyclic) bond motifs is 1. The minimum atomic E-state index is -0.701. The number of ether oxygens (including phenoxy) is 1. The van der Waals surface area contributed by atoms with Crippen molar-refractivity contribution in [3.05, 3.63) is 48.3 Å². The van der Waals surface area contributed by atoms with Gasteiger partial charge in [0.2, 0.25) is 5.91 Å². The molecule has 0 spiro atoms. The third-order valence-electron chi connectivity index (χ3n) is 4.51. The number of aromatic nitrogens is 3. The SMILES string of the molecule is Cc1nn(C)c2ncc(NC(=O)C(NC(=O)COc3ccccc3)C(C)C)cc12. The highest BCUT2D eigenvalue weighted by Gasteiger charge is 2.24. The van der Waals surface area contributed by atoms with Crippen LogP contribution in [-0.4, -0.2) is 39.2 Å².